The van der Waals surface area contributed by atoms with Gasteiger partial charge in [-0.05, 0) is 36.9 Å². The van der Waals surface area contributed by atoms with Crippen molar-refractivity contribution in [1.29, 1.82) is 0 Å². The molecule has 6 nitrogen and oxygen atoms in total. The molecule has 0 saturated carbocycles. The molecule has 26 heavy (non-hydrogen) atoms. The monoisotopic (exact) mass is 347 g/mol. The number of pyridine rings is 1. The second-order valence-electron chi connectivity index (χ2n) is 5.34. The van der Waals surface area contributed by atoms with Gasteiger partial charge in [0.1, 0.15) is 5.71 Å². The minimum Gasteiger partial charge on any atom is -0.329 e. The molecule has 0 radical (unpaired) electrons. The number of allylic oxidation sites excluding steroid dienone is 3. The van der Waals surface area contributed by atoms with Crippen LogP contribution in [0, 0.1) is 0 Å². The zero-order valence-corrected chi connectivity index (χ0v) is 14.6. The quantitative estimate of drug-likeness (QED) is 0.348. The van der Waals surface area contributed by atoms with Gasteiger partial charge in [0.2, 0.25) is 5.56 Å². The maximum Gasteiger partial charge on any atom is 0.248 e. The molecular formula is C20H21N5O. The number of benzene rings is 1. The number of hydrazone groups is 1. The van der Waals surface area contributed by atoms with Gasteiger partial charge in [0.15, 0.2) is 0 Å². The van der Waals surface area contributed by atoms with E-state index in [0.29, 0.717) is 12.3 Å². The predicted molar refractivity (Wildman–Crippen MR) is 109 cm³/mol. The van der Waals surface area contributed by atoms with Crippen LogP contribution in [0.25, 0.3) is 11.1 Å². The van der Waals surface area contributed by atoms with E-state index in [0.717, 1.165) is 22.4 Å². The maximum atomic E-state index is 11.4. The first kappa shape index (κ1) is 18.8. The molecule has 0 atom stereocenters. The fourth-order valence-electron chi connectivity index (χ4n) is 2.23. The Morgan fingerprint density at radius 3 is 2.62 bits per heavy atom. The Bertz CT molecular complexity index is 918. The van der Waals surface area contributed by atoms with E-state index >= 15 is 0 Å². The van der Waals surface area contributed by atoms with Crippen molar-refractivity contribution in [2.45, 2.75) is 6.92 Å². The molecule has 3 N–H and O–H groups in total. The van der Waals surface area contributed by atoms with Gasteiger partial charge >= 0.3 is 0 Å². The Hall–Kier alpha value is -3.54. The number of hydrogen-bond donors (Lipinski definition) is 2. The van der Waals surface area contributed by atoms with Crippen molar-refractivity contribution in [2.24, 2.45) is 20.9 Å². The van der Waals surface area contributed by atoms with Gasteiger partial charge in [-0.15, -0.1) is 0 Å². The minimum absolute atomic E-state index is 0.138. The molecule has 0 aliphatic rings. The van der Waals surface area contributed by atoms with Crippen molar-refractivity contribution in [2.75, 3.05) is 6.54 Å². The Balaban J connectivity index is 2.14. The first-order chi connectivity index (χ1) is 12.7. The van der Waals surface area contributed by atoms with E-state index in [1.165, 1.54) is 0 Å². The number of H-pyrrole nitrogens is 1. The first-order valence-electron chi connectivity index (χ1n) is 8.03. The van der Waals surface area contributed by atoms with Gasteiger partial charge in [-0.3, -0.25) is 14.8 Å². The fourth-order valence-corrected chi connectivity index (χ4v) is 2.23. The van der Waals surface area contributed by atoms with Crippen LogP contribution < -0.4 is 11.4 Å². The molecule has 2 aromatic rings. The van der Waals surface area contributed by atoms with E-state index in [1.807, 2.05) is 55.5 Å². The van der Waals surface area contributed by atoms with Crippen molar-refractivity contribution in [1.82, 2.24) is 4.98 Å². The molecule has 1 aromatic heterocycles. The molecule has 1 heterocycles. The number of rotatable bonds is 7. The fraction of sp³-hybridized carbons (Fsp3) is 0.100. The number of nitrogens with two attached hydrogens (primary N) is 1. The SMILES string of the molecule is C=N/C(=C\C=C/C)CN=C/C(=N\N)c1ccc(-c2cc[nH]c(=O)c2)cc1. The molecule has 0 fully saturated rings. The van der Waals surface area contributed by atoms with Crippen LogP contribution in [-0.2, 0) is 0 Å². The van der Waals surface area contributed by atoms with Gasteiger partial charge in [-0.1, -0.05) is 36.4 Å². The third-order valence-corrected chi connectivity index (χ3v) is 3.58. The lowest BCUT2D eigenvalue weighted by Crippen LogP contribution is -2.07. The van der Waals surface area contributed by atoms with Crippen LogP contribution in [0.5, 0.6) is 0 Å². The van der Waals surface area contributed by atoms with Crippen molar-refractivity contribution in [3.63, 3.8) is 0 Å². The smallest absolute Gasteiger partial charge is 0.248 e. The van der Waals surface area contributed by atoms with Gasteiger partial charge in [-0.2, -0.15) is 5.10 Å². The number of aromatic amines is 1. The van der Waals surface area contributed by atoms with Crippen LogP contribution in [0.15, 0.2) is 86.4 Å². The van der Waals surface area contributed by atoms with Gasteiger partial charge < -0.3 is 10.8 Å². The van der Waals surface area contributed by atoms with Gasteiger partial charge in [0.05, 0.1) is 12.2 Å². The molecule has 0 aliphatic carbocycles. The molecule has 0 spiro atoms. The van der Waals surface area contributed by atoms with E-state index in [4.69, 9.17) is 5.84 Å². The van der Waals surface area contributed by atoms with Gasteiger partial charge in [0.25, 0.3) is 0 Å². The summed E-state index contributed by atoms with van der Waals surface area (Å²) in [5.74, 6) is 5.49. The summed E-state index contributed by atoms with van der Waals surface area (Å²) in [5.41, 5.74) is 3.77. The van der Waals surface area contributed by atoms with Crippen LogP contribution in [0.3, 0.4) is 0 Å². The molecule has 2 rings (SSSR count). The van der Waals surface area contributed by atoms with Crippen LogP contribution in [-0.4, -0.2) is 30.2 Å². The lowest BCUT2D eigenvalue weighted by Gasteiger charge is -2.04. The summed E-state index contributed by atoms with van der Waals surface area (Å²) in [7, 11) is 0. The highest BCUT2D eigenvalue weighted by atomic mass is 16.1. The van der Waals surface area contributed by atoms with E-state index < -0.39 is 0 Å². The zero-order valence-electron chi connectivity index (χ0n) is 14.6. The number of aromatic nitrogens is 1. The maximum absolute atomic E-state index is 11.4. The highest BCUT2D eigenvalue weighted by Gasteiger charge is 2.03. The molecule has 132 valence electrons. The second kappa shape index (κ2) is 9.68. The molecule has 6 heteroatoms. The third-order valence-electron chi connectivity index (χ3n) is 3.58. The number of nitrogens with zero attached hydrogens (tertiary/aromatic N) is 3. The minimum atomic E-state index is -0.138. The average Bonchev–Trinajstić information content (AvgIpc) is 2.68. The van der Waals surface area contributed by atoms with Gasteiger partial charge in [-0.25, -0.2) is 0 Å². The topological polar surface area (TPSA) is 96.0 Å². The summed E-state index contributed by atoms with van der Waals surface area (Å²) < 4.78 is 0. The van der Waals surface area contributed by atoms with Crippen LogP contribution >= 0.6 is 0 Å². The largest absolute Gasteiger partial charge is 0.329 e. The Labute approximate surface area is 152 Å². The summed E-state index contributed by atoms with van der Waals surface area (Å²) in [6.07, 6.45) is 8.86. The standard InChI is InChI=1S/C20H21N5O/c1-3-4-5-18(22-2)13-23-14-19(25-21)16-8-6-15(7-9-16)17-10-11-24-20(26)12-17/h3-12,14H,2,13,21H2,1H3,(H,24,26)/b4-3-,18-5-,23-14?,25-19+. The van der Waals surface area contributed by atoms with E-state index in [9.17, 15) is 4.79 Å². The van der Waals surface area contributed by atoms with Crippen molar-refractivity contribution < 1.29 is 0 Å². The molecule has 0 unspecified atom stereocenters. The molecular weight excluding hydrogens is 326 g/mol. The predicted octanol–water partition coefficient (Wildman–Crippen LogP) is 2.94. The highest BCUT2D eigenvalue weighted by Crippen LogP contribution is 2.17. The van der Waals surface area contributed by atoms with Crippen LogP contribution in [0.2, 0.25) is 0 Å². The lowest BCUT2D eigenvalue weighted by atomic mass is 10.0. The summed E-state index contributed by atoms with van der Waals surface area (Å²) >= 11 is 0. The summed E-state index contributed by atoms with van der Waals surface area (Å²) in [6, 6.07) is 11.0. The summed E-state index contributed by atoms with van der Waals surface area (Å²) in [5, 5.41) is 3.79. The molecule has 1 aromatic carbocycles. The average molecular weight is 347 g/mol. The van der Waals surface area contributed by atoms with Crippen molar-refractivity contribution in [3.05, 3.63) is 82.4 Å². The number of aliphatic imine (C=N–C) groups is 2. The van der Waals surface area contributed by atoms with E-state index in [2.05, 4.69) is 26.8 Å². The Morgan fingerprint density at radius 2 is 2.00 bits per heavy atom. The second-order valence-corrected chi connectivity index (χ2v) is 5.34. The zero-order chi connectivity index (χ0) is 18.8. The normalized spacial score (nSPS) is 12.8. The van der Waals surface area contributed by atoms with Gasteiger partial charge in [0, 0.05) is 24.0 Å². The molecule has 0 saturated heterocycles. The summed E-state index contributed by atoms with van der Waals surface area (Å²) in [4.78, 5) is 22.3. The summed E-state index contributed by atoms with van der Waals surface area (Å²) in [6.45, 7) is 5.84. The third kappa shape index (κ3) is 5.24. The Kier molecular flexibility index (Phi) is 7.00. The van der Waals surface area contributed by atoms with Crippen molar-refractivity contribution in [3.8, 4) is 11.1 Å². The van der Waals surface area contributed by atoms with Crippen molar-refractivity contribution >= 4 is 18.6 Å². The highest BCUT2D eigenvalue weighted by molar-refractivity contribution is 6.38. The van der Waals surface area contributed by atoms with E-state index in [1.54, 1.807) is 18.5 Å². The number of nitrogens with one attached hydrogen (secondary N) is 1. The van der Waals surface area contributed by atoms with Crippen LogP contribution in [0.1, 0.15) is 12.5 Å². The lowest BCUT2D eigenvalue weighted by molar-refractivity contribution is 1.12. The van der Waals surface area contributed by atoms with E-state index in [-0.39, 0.29) is 5.56 Å². The first-order valence-corrected chi connectivity index (χ1v) is 8.03. The number of hydrogen-bond acceptors (Lipinski definition) is 5. The Morgan fingerprint density at radius 1 is 1.23 bits per heavy atom. The molecule has 0 bridgehead atoms. The van der Waals surface area contributed by atoms with Crippen LogP contribution in [0.4, 0.5) is 0 Å². The molecule has 0 aliphatic heterocycles. The molecule has 0 amide bonds.